The normalized spacial score (nSPS) is 12.1. The SMILES string of the molecule is CC/C(=C(/c1ccc(Cl)cc1)c1ccc(OCCN(C)C)cc1)c1ccc(Cl)cc1. The van der Waals surface area contributed by atoms with Crippen molar-refractivity contribution in [2.24, 2.45) is 0 Å². The van der Waals surface area contributed by atoms with Crippen LogP contribution in [0.15, 0.2) is 72.8 Å². The molecule has 0 saturated carbocycles. The molecule has 0 unspecified atom stereocenters. The standard InChI is InChI=1S/C26H27Cl2NO/c1-4-25(19-5-11-22(27)12-6-19)26(20-7-13-23(28)14-8-20)21-9-15-24(16-10-21)30-18-17-29(2)3/h5-16H,4,17-18H2,1-3H3/b26-25+. The molecule has 0 radical (unpaired) electrons. The molecule has 0 N–H and O–H groups in total. The maximum atomic E-state index is 6.15. The van der Waals surface area contributed by atoms with Crippen molar-refractivity contribution in [3.8, 4) is 5.75 Å². The maximum Gasteiger partial charge on any atom is 0.119 e. The van der Waals surface area contributed by atoms with Crippen molar-refractivity contribution >= 4 is 34.3 Å². The monoisotopic (exact) mass is 439 g/mol. The van der Waals surface area contributed by atoms with Crippen LogP contribution in [0.25, 0.3) is 11.1 Å². The minimum Gasteiger partial charge on any atom is -0.492 e. The molecule has 4 heteroatoms. The molecule has 0 heterocycles. The smallest absolute Gasteiger partial charge is 0.119 e. The highest BCUT2D eigenvalue weighted by atomic mass is 35.5. The number of likely N-dealkylation sites (N-methyl/N-ethyl adjacent to an activating group) is 1. The predicted molar refractivity (Wildman–Crippen MR) is 130 cm³/mol. The molecule has 0 aliphatic rings. The molecule has 0 aromatic heterocycles. The topological polar surface area (TPSA) is 12.5 Å². The highest BCUT2D eigenvalue weighted by Crippen LogP contribution is 2.35. The first-order valence-electron chi connectivity index (χ1n) is 10.1. The molecule has 0 atom stereocenters. The van der Waals surface area contributed by atoms with Crippen LogP contribution in [0.4, 0.5) is 0 Å². The molecule has 2 nitrogen and oxygen atoms in total. The van der Waals surface area contributed by atoms with Gasteiger partial charge >= 0.3 is 0 Å². The van der Waals surface area contributed by atoms with Gasteiger partial charge in [0.15, 0.2) is 0 Å². The van der Waals surface area contributed by atoms with Crippen molar-refractivity contribution in [2.75, 3.05) is 27.2 Å². The Hall–Kier alpha value is -2.26. The third-order valence-corrected chi connectivity index (χ3v) is 5.44. The summed E-state index contributed by atoms with van der Waals surface area (Å²) in [5.41, 5.74) is 5.89. The van der Waals surface area contributed by atoms with E-state index >= 15 is 0 Å². The minimum absolute atomic E-state index is 0.664. The zero-order valence-corrected chi connectivity index (χ0v) is 19.2. The van der Waals surface area contributed by atoms with Crippen LogP contribution in [0.3, 0.4) is 0 Å². The van der Waals surface area contributed by atoms with Crippen molar-refractivity contribution in [3.63, 3.8) is 0 Å². The first kappa shape index (κ1) is 22.4. The number of hydrogen-bond acceptors (Lipinski definition) is 2. The summed E-state index contributed by atoms with van der Waals surface area (Å²) in [6.45, 7) is 3.73. The second-order valence-corrected chi connectivity index (χ2v) is 8.27. The van der Waals surface area contributed by atoms with E-state index in [1.54, 1.807) is 0 Å². The third kappa shape index (κ3) is 5.89. The predicted octanol–water partition coefficient (Wildman–Crippen LogP) is 7.30. The van der Waals surface area contributed by atoms with E-state index in [2.05, 4.69) is 48.2 Å². The highest BCUT2D eigenvalue weighted by Gasteiger charge is 2.13. The first-order chi connectivity index (χ1) is 14.5. The van der Waals surface area contributed by atoms with Gasteiger partial charge in [-0.05, 0) is 84.8 Å². The van der Waals surface area contributed by atoms with Crippen molar-refractivity contribution in [1.82, 2.24) is 4.90 Å². The Morgan fingerprint density at radius 2 is 1.20 bits per heavy atom. The lowest BCUT2D eigenvalue weighted by Gasteiger charge is -2.17. The van der Waals surface area contributed by atoms with Crippen molar-refractivity contribution < 1.29 is 4.74 Å². The Labute approximate surface area is 189 Å². The van der Waals surface area contributed by atoms with Crippen LogP contribution in [0, 0.1) is 0 Å². The fourth-order valence-electron chi connectivity index (χ4n) is 3.37. The maximum absolute atomic E-state index is 6.15. The lowest BCUT2D eigenvalue weighted by molar-refractivity contribution is 0.261. The number of halogens is 2. The second-order valence-electron chi connectivity index (χ2n) is 7.40. The van der Waals surface area contributed by atoms with Gasteiger partial charge in [-0.2, -0.15) is 0 Å². The fraction of sp³-hybridized carbons (Fsp3) is 0.231. The summed E-state index contributed by atoms with van der Waals surface area (Å²) in [6.07, 6.45) is 0.890. The lowest BCUT2D eigenvalue weighted by atomic mass is 9.88. The van der Waals surface area contributed by atoms with Crippen LogP contribution in [0.5, 0.6) is 5.75 Å². The highest BCUT2D eigenvalue weighted by molar-refractivity contribution is 6.31. The molecule has 0 aliphatic heterocycles. The minimum atomic E-state index is 0.664. The average Bonchev–Trinajstić information content (AvgIpc) is 2.74. The number of ether oxygens (including phenoxy) is 1. The van der Waals surface area contributed by atoms with E-state index < -0.39 is 0 Å². The van der Waals surface area contributed by atoms with Crippen LogP contribution in [-0.2, 0) is 0 Å². The van der Waals surface area contributed by atoms with Crippen molar-refractivity contribution in [2.45, 2.75) is 13.3 Å². The van der Waals surface area contributed by atoms with E-state index in [4.69, 9.17) is 27.9 Å². The van der Waals surface area contributed by atoms with Crippen LogP contribution in [-0.4, -0.2) is 32.1 Å². The van der Waals surface area contributed by atoms with Gasteiger partial charge in [0, 0.05) is 16.6 Å². The van der Waals surface area contributed by atoms with Crippen LogP contribution < -0.4 is 4.74 Å². The molecular weight excluding hydrogens is 413 g/mol. The summed E-state index contributed by atoms with van der Waals surface area (Å²) in [4.78, 5) is 2.11. The molecule has 0 fully saturated rings. The largest absolute Gasteiger partial charge is 0.492 e. The van der Waals surface area contributed by atoms with Gasteiger partial charge in [0.2, 0.25) is 0 Å². The van der Waals surface area contributed by atoms with Gasteiger partial charge < -0.3 is 9.64 Å². The zero-order valence-electron chi connectivity index (χ0n) is 17.7. The molecular formula is C26H27Cl2NO. The van der Waals surface area contributed by atoms with Crippen LogP contribution >= 0.6 is 23.2 Å². The molecule has 156 valence electrons. The van der Waals surface area contributed by atoms with E-state index in [0.717, 1.165) is 45.5 Å². The Bertz CT molecular complexity index is 975. The zero-order chi connectivity index (χ0) is 21.5. The molecule has 0 amide bonds. The molecule has 0 bridgehead atoms. The Morgan fingerprint density at radius 3 is 1.67 bits per heavy atom. The molecule has 3 aromatic carbocycles. The van der Waals surface area contributed by atoms with Gasteiger partial charge in [-0.1, -0.05) is 66.5 Å². The third-order valence-electron chi connectivity index (χ3n) is 4.93. The van der Waals surface area contributed by atoms with E-state index in [-0.39, 0.29) is 0 Å². The quantitative estimate of drug-likeness (QED) is 0.341. The molecule has 0 aliphatic carbocycles. The van der Waals surface area contributed by atoms with E-state index in [0.29, 0.717) is 6.61 Å². The van der Waals surface area contributed by atoms with E-state index in [1.807, 2.05) is 50.5 Å². The summed E-state index contributed by atoms with van der Waals surface area (Å²) in [7, 11) is 4.08. The summed E-state index contributed by atoms with van der Waals surface area (Å²) in [5.74, 6) is 0.876. The summed E-state index contributed by atoms with van der Waals surface area (Å²) >= 11 is 12.3. The van der Waals surface area contributed by atoms with Crippen LogP contribution in [0.1, 0.15) is 30.0 Å². The number of rotatable bonds is 8. The lowest BCUT2D eigenvalue weighted by Crippen LogP contribution is -2.19. The Balaban J connectivity index is 2.03. The summed E-state index contributed by atoms with van der Waals surface area (Å²) in [6, 6.07) is 24.4. The first-order valence-corrected chi connectivity index (χ1v) is 10.9. The van der Waals surface area contributed by atoms with Gasteiger partial charge in [0.25, 0.3) is 0 Å². The van der Waals surface area contributed by atoms with E-state index in [9.17, 15) is 0 Å². The van der Waals surface area contributed by atoms with Gasteiger partial charge in [0.05, 0.1) is 0 Å². The Kier molecular flexibility index (Phi) is 7.98. The Morgan fingerprint density at radius 1 is 0.733 bits per heavy atom. The van der Waals surface area contributed by atoms with Gasteiger partial charge in [-0.15, -0.1) is 0 Å². The molecule has 0 spiro atoms. The number of nitrogens with zero attached hydrogens (tertiary/aromatic N) is 1. The van der Waals surface area contributed by atoms with E-state index in [1.165, 1.54) is 11.1 Å². The van der Waals surface area contributed by atoms with Crippen LogP contribution in [0.2, 0.25) is 10.0 Å². The molecule has 3 rings (SSSR count). The molecule has 0 saturated heterocycles. The number of allylic oxidation sites excluding steroid dienone is 1. The molecule has 30 heavy (non-hydrogen) atoms. The van der Waals surface area contributed by atoms with Gasteiger partial charge in [-0.3, -0.25) is 0 Å². The fourth-order valence-corrected chi connectivity index (χ4v) is 3.62. The second kappa shape index (κ2) is 10.7. The summed E-state index contributed by atoms with van der Waals surface area (Å²) < 4.78 is 5.87. The summed E-state index contributed by atoms with van der Waals surface area (Å²) in [5, 5.41) is 1.47. The van der Waals surface area contributed by atoms with Gasteiger partial charge in [0.1, 0.15) is 12.4 Å². The number of benzene rings is 3. The van der Waals surface area contributed by atoms with Gasteiger partial charge in [-0.25, -0.2) is 0 Å². The van der Waals surface area contributed by atoms with Crippen molar-refractivity contribution in [3.05, 3.63) is 99.5 Å². The number of hydrogen-bond donors (Lipinski definition) is 0. The average molecular weight is 440 g/mol. The molecule has 3 aromatic rings. The van der Waals surface area contributed by atoms with Crippen molar-refractivity contribution in [1.29, 1.82) is 0 Å².